The molecule has 4 heteroatoms. The summed E-state index contributed by atoms with van der Waals surface area (Å²) in [6.45, 7) is 6.19. The van der Waals surface area contributed by atoms with Gasteiger partial charge in [-0.2, -0.15) is 0 Å². The summed E-state index contributed by atoms with van der Waals surface area (Å²) in [4.78, 5) is 17.1. The van der Waals surface area contributed by atoms with Crippen molar-refractivity contribution in [1.82, 2.24) is 0 Å². The number of aliphatic imine (C=N–C) groups is 1. The second-order valence-electron chi connectivity index (χ2n) is 6.91. The van der Waals surface area contributed by atoms with Crippen LogP contribution in [0.1, 0.15) is 32.8 Å². The molecule has 1 unspecified atom stereocenters. The fourth-order valence-corrected chi connectivity index (χ4v) is 3.63. The van der Waals surface area contributed by atoms with Crippen molar-refractivity contribution in [3.63, 3.8) is 0 Å². The van der Waals surface area contributed by atoms with Crippen molar-refractivity contribution in [3.05, 3.63) is 53.3 Å². The van der Waals surface area contributed by atoms with Crippen molar-refractivity contribution in [2.75, 3.05) is 12.8 Å². The number of methoxy groups -OCH3 is 1. The maximum Gasteiger partial charge on any atom is 0.220 e. The van der Waals surface area contributed by atoms with Crippen LogP contribution in [-0.4, -0.2) is 24.1 Å². The molecule has 1 heterocycles. The predicted molar refractivity (Wildman–Crippen MR) is 92.4 cm³/mol. The topological polar surface area (TPSA) is 64.7 Å². The number of rotatable bonds is 2. The normalized spacial score (nSPS) is 25.9. The highest BCUT2D eigenvalue weighted by atomic mass is 16.5. The Bertz CT molecular complexity index is 771. The summed E-state index contributed by atoms with van der Waals surface area (Å²) in [5.41, 5.74) is 9.03. The Balaban J connectivity index is 2.24. The van der Waals surface area contributed by atoms with Gasteiger partial charge in [0.2, 0.25) is 5.78 Å². The lowest BCUT2D eigenvalue weighted by atomic mass is 9.68. The predicted octanol–water partition coefficient (Wildman–Crippen LogP) is 3.29. The molecule has 4 nitrogen and oxygen atoms in total. The summed E-state index contributed by atoms with van der Waals surface area (Å²) >= 11 is 0. The maximum absolute atomic E-state index is 12.1. The molecule has 2 N–H and O–H groups in total. The van der Waals surface area contributed by atoms with E-state index in [1.165, 1.54) is 7.11 Å². The number of nitrogen functional groups attached to an aromatic ring is 1. The van der Waals surface area contributed by atoms with Crippen molar-refractivity contribution in [2.24, 2.45) is 10.4 Å². The van der Waals surface area contributed by atoms with Crippen LogP contribution in [0.5, 0.6) is 0 Å². The van der Waals surface area contributed by atoms with Gasteiger partial charge < -0.3 is 10.5 Å². The van der Waals surface area contributed by atoms with Crippen molar-refractivity contribution in [2.45, 2.75) is 32.7 Å². The summed E-state index contributed by atoms with van der Waals surface area (Å²) in [6, 6.07) is 7.74. The maximum atomic E-state index is 12.1. The zero-order valence-corrected chi connectivity index (χ0v) is 14.0. The number of anilines is 1. The number of ketones is 1. The molecule has 1 aromatic rings. The first-order chi connectivity index (χ1) is 10.8. The minimum absolute atomic E-state index is 0.0966. The lowest BCUT2D eigenvalue weighted by Gasteiger charge is -2.33. The van der Waals surface area contributed by atoms with Gasteiger partial charge in [-0.05, 0) is 45.4 Å². The Morgan fingerprint density at radius 3 is 2.61 bits per heavy atom. The van der Waals surface area contributed by atoms with Gasteiger partial charge in [0.05, 0.1) is 23.8 Å². The summed E-state index contributed by atoms with van der Waals surface area (Å²) in [6.07, 6.45) is 4.37. The number of carbonyl (C=O) groups is 1. The number of nitrogens with two attached hydrogens (primary N) is 1. The van der Waals surface area contributed by atoms with Crippen LogP contribution in [0.25, 0.3) is 0 Å². The van der Waals surface area contributed by atoms with E-state index >= 15 is 0 Å². The van der Waals surface area contributed by atoms with Crippen LogP contribution in [-0.2, 0) is 9.53 Å². The highest BCUT2D eigenvalue weighted by Gasteiger charge is 2.49. The number of hydrogen-bond acceptors (Lipinski definition) is 4. The van der Waals surface area contributed by atoms with E-state index in [4.69, 9.17) is 15.5 Å². The summed E-state index contributed by atoms with van der Waals surface area (Å²) in [5, 5.41) is 0. The lowest BCUT2D eigenvalue weighted by Crippen LogP contribution is -2.34. The van der Waals surface area contributed by atoms with Crippen LogP contribution in [0, 0.1) is 5.41 Å². The second kappa shape index (κ2) is 5.08. The lowest BCUT2D eigenvalue weighted by molar-refractivity contribution is -0.114. The molecule has 0 saturated heterocycles. The molecule has 0 bridgehead atoms. The van der Waals surface area contributed by atoms with E-state index in [2.05, 4.69) is 13.8 Å². The van der Waals surface area contributed by atoms with Gasteiger partial charge in [-0.25, -0.2) is 0 Å². The van der Waals surface area contributed by atoms with Gasteiger partial charge >= 0.3 is 0 Å². The smallest absolute Gasteiger partial charge is 0.220 e. The number of hydrogen-bond donors (Lipinski definition) is 1. The number of nitrogens with zero attached hydrogens (tertiary/aromatic N) is 1. The van der Waals surface area contributed by atoms with Crippen LogP contribution in [0.2, 0.25) is 0 Å². The largest absolute Gasteiger partial charge is 0.493 e. The summed E-state index contributed by atoms with van der Waals surface area (Å²) in [7, 11) is 1.53. The molecule has 0 saturated carbocycles. The molecule has 0 radical (unpaired) electrons. The minimum Gasteiger partial charge on any atom is -0.493 e. The Labute approximate surface area is 136 Å². The fraction of sp³-hybridized carbons (Fsp3) is 0.368. The molecule has 1 aliphatic heterocycles. The second-order valence-corrected chi connectivity index (χ2v) is 6.91. The van der Waals surface area contributed by atoms with Crippen LogP contribution in [0.4, 0.5) is 5.69 Å². The van der Waals surface area contributed by atoms with E-state index in [-0.39, 0.29) is 11.3 Å². The Morgan fingerprint density at radius 2 is 1.96 bits per heavy atom. The van der Waals surface area contributed by atoms with Gasteiger partial charge in [0.25, 0.3) is 0 Å². The standard InChI is InChI=1S/C19H22N2O2/c1-12-9-15(22)16(23-4)10-19(12)11-18(2,3)21-17(19)13-7-5-6-8-14(13)20/h5-10H,11,20H2,1-4H3. The molecule has 3 rings (SSSR count). The third-order valence-corrected chi connectivity index (χ3v) is 4.66. The SMILES string of the molecule is COC1=CC2(CC(C)(C)N=C2c2ccccc2N)C(C)=CC1=O. The quantitative estimate of drug-likeness (QED) is 0.853. The van der Waals surface area contributed by atoms with Gasteiger partial charge in [0, 0.05) is 11.3 Å². The molecule has 2 aliphatic rings. The van der Waals surface area contributed by atoms with Gasteiger partial charge in [-0.3, -0.25) is 9.79 Å². The summed E-state index contributed by atoms with van der Waals surface area (Å²) < 4.78 is 5.30. The molecular formula is C19H22N2O2. The van der Waals surface area contributed by atoms with Crippen molar-refractivity contribution >= 4 is 17.2 Å². The van der Waals surface area contributed by atoms with E-state index in [1.807, 2.05) is 37.3 Å². The van der Waals surface area contributed by atoms with E-state index in [0.717, 1.165) is 23.3 Å². The molecule has 0 aromatic heterocycles. The Hall–Kier alpha value is -2.36. The molecule has 1 aliphatic carbocycles. The number of ether oxygens (including phenoxy) is 1. The average molecular weight is 310 g/mol. The van der Waals surface area contributed by atoms with E-state index in [9.17, 15) is 4.79 Å². The first-order valence-electron chi connectivity index (χ1n) is 7.74. The molecule has 120 valence electrons. The molecule has 23 heavy (non-hydrogen) atoms. The van der Waals surface area contributed by atoms with Crippen molar-refractivity contribution in [3.8, 4) is 0 Å². The zero-order valence-electron chi connectivity index (χ0n) is 14.0. The zero-order chi connectivity index (χ0) is 16.8. The summed E-state index contributed by atoms with van der Waals surface area (Å²) in [5.74, 6) is 0.274. The van der Waals surface area contributed by atoms with Gasteiger partial charge in [0.15, 0.2) is 5.76 Å². The highest BCUT2D eigenvalue weighted by molar-refractivity contribution is 6.15. The highest BCUT2D eigenvalue weighted by Crippen LogP contribution is 2.50. The third kappa shape index (κ3) is 2.38. The number of para-hydroxylation sites is 1. The van der Waals surface area contributed by atoms with Crippen molar-refractivity contribution in [1.29, 1.82) is 0 Å². The molecule has 1 atom stereocenters. The van der Waals surface area contributed by atoms with Gasteiger partial charge in [0.1, 0.15) is 0 Å². The monoisotopic (exact) mass is 310 g/mol. The number of carbonyl (C=O) groups excluding carboxylic acids is 1. The van der Waals surface area contributed by atoms with Gasteiger partial charge in [-0.15, -0.1) is 0 Å². The van der Waals surface area contributed by atoms with Crippen LogP contribution in [0.15, 0.2) is 52.7 Å². The molecule has 1 spiro atoms. The molecule has 0 fully saturated rings. The van der Waals surface area contributed by atoms with Crippen LogP contribution < -0.4 is 5.73 Å². The van der Waals surface area contributed by atoms with E-state index in [1.54, 1.807) is 6.08 Å². The fourth-order valence-electron chi connectivity index (χ4n) is 3.63. The first kappa shape index (κ1) is 15.5. The first-order valence-corrected chi connectivity index (χ1v) is 7.74. The molecular weight excluding hydrogens is 288 g/mol. The van der Waals surface area contributed by atoms with Crippen LogP contribution >= 0.6 is 0 Å². The minimum atomic E-state index is -0.446. The molecule has 1 aromatic carbocycles. The van der Waals surface area contributed by atoms with Gasteiger partial charge in [-0.1, -0.05) is 23.8 Å². The molecule has 0 amide bonds. The van der Waals surface area contributed by atoms with Crippen LogP contribution in [0.3, 0.4) is 0 Å². The Morgan fingerprint density at radius 1 is 1.26 bits per heavy atom. The third-order valence-electron chi connectivity index (χ3n) is 4.66. The number of benzene rings is 1. The van der Waals surface area contributed by atoms with E-state index in [0.29, 0.717) is 11.4 Å². The Kier molecular flexibility index (Phi) is 3.43. The average Bonchev–Trinajstić information content (AvgIpc) is 2.75. The van der Waals surface area contributed by atoms with Crippen molar-refractivity contribution < 1.29 is 9.53 Å². The number of allylic oxidation sites excluding steroid dienone is 3. The van der Waals surface area contributed by atoms with E-state index < -0.39 is 5.41 Å².